The first-order valence-corrected chi connectivity index (χ1v) is 15.1. The van der Waals surface area contributed by atoms with Gasteiger partial charge < -0.3 is 20.6 Å². The van der Waals surface area contributed by atoms with Crippen LogP contribution in [0.25, 0.3) is 21.5 Å². The molecule has 5 aromatic rings. The van der Waals surface area contributed by atoms with Crippen molar-refractivity contribution < 1.29 is 27.6 Å². The number of rotatable bonds is 8. The van der Waals surface area contributed by atoms with Gasteiger partial charge in [-0.25, -0.2) is 0 Å². The van der Waals surface area contributed by atoms with Crippen LogP contribution in [0.1, 0.15) is 59.4 Å². The monoisotopic (exact) mass is 680 g/mol. The van der Waals surface area contributed by atoms with Gasteiger partial charge in [0.1, 0.15) is 12.1 Å². The number of pyridine rings is 2. The van der Waals surface area contributed by atoms with Crippen molar-refractivity contribution in [1.29, 1.82) is 0 Å². The summed E-state index contributed by atoms with van der Waals surface area (Å²) >= 11 is 5.63. The predicted molar refractivity (Wildman–Crippen MR) is 178 cm³/mol. The lowest BCUT2D eigenvalue weighted by Gasteiger charge is -2.14. The van der Waals surface area contributed by atoms with Crippen molar-refractivity contribution in [3.63, 3.8) is 0 Å². The Balaban J connectivity index is 0.000000257. The van der Waals surface area contributed by atoms with Crippen molar-refractivity contribution in [3.05, 3.63) is 127 Å². The lowest BCUT2D eigenvalue weighted by atomic mass is 9.97. The van der Waals surface area contributed by atoms with Crippen molar-refractivity contribution in [1.82, 2.24) is 9.13 Å². The summed E-state index contributed by atoms with van der Waals surface area (Å²) in [4.78, 5) is 60.2. The number of nitrogens with zero attached hydrogens (tertiary/aromatic N) is 2. The van der Waals surface area contributed by atoms with Crippen LogP contribution >= 0.6 is 11.6 Å². The van der Waals surface area contributed by atoms with E-state index in [9.17, 15) is 37.1 Å². The van der Waals surface area contributed by atoms with E-state index in [1.54, 1.807) is 37.4 Å². The van der Waals surface area contributed by atoms with Crippen LogP contribution in [-0.2, 0) is 22.2 Å². The molecule has 2 amide bonds. The van der Waals surface area contributed by atoms with Crippen LogP contribution in [0.4, 0.5) is 13.2 Å². The highest BCUT2D eigenvalue weighted by molar-refractivity contribution is 6.31. The summed E-state index contributed by atoms with van der Waals surface area (Å²) in [7, 11) is 0. The number of halogens is 4. The van der Waals surface area contributed by atoms with Crippen LogP contribution in [0, 0.1) is 6.92 Å². The average molecular weight is 681 g/mol. The topological polar surface area (TPSA) is 147 Å². The summed E-state index contributed by atoms with van der Waals surface area (Å²) in [5.41, 5.74) is 10.5. The Kier molecular flexibility index (Phi) is 10.6. The van der Waals surface area contributed by atoms with Crippen LogP contribution < -0.4 is 22.6 Å². The molecule has 250 valence electrons. The van der Waals surface area contributed by atoms with E-state index in [-0.39, 0.29) is 35.1 Å². The van der Waals surface area contributed by atoms with Crippen LogP contribution in [0.2, 0.25) is 5.02 Å². The van der Waals surface area contributed by atoms with Crippen molar-refractivity contribution >= 4 is 50.7 Å². The maximum atomic E-state index is 13.0. The molecule has 3 aromatic carbocycles. The zero-order valence-electron chi connectivity index (χ0n) is 26.2. The maximum absolute atomic E-state index is 13.0. The SMILES string of the molecule is C[C@@H](C(N)=O)n1ccc2c(C(=O)CCc3ccc(Cl)c(C(F)(F)F)c3)cccc2c1=O.Cc1cccc2c(=O)n([C@@H](C)C(N)=O)ccc12. The van der Waals surface area contributed by atoms with Gasteiger partial charge >= 0.3 is 6.18 Å². The molecular weight excluding hydrogens is 649 g/mol. The second kappa shape index (κ2) is 14.3. The highest BCUT2D eigenvalue weighted by Gasteiger charge is 2.33. The number of nitrogens with two attached hydrogens (primary N) is 2. The predicted octanol–water partition coefficient (Wildman–Crippen LogP) is 5.89. The van der Waals surface area contributed by atoms with Crippen LogP contribution in [0.3, 0.4) is 0 Å². The quantitative estimate of drug-likeness (QED) is 0.196. The first-order valence-electron chi connectivity index (χ1n) is 14.7. The molecule has 0 aliphatic rings. The number of amides is 2. The van der Waals surface area contributed by atoms with Gasteiger partial charge in [-0.15, -0.1) is 0 Å². The fourth-order valence-electron chi connectivity index (χ4n) is 5.21. The molecule has 0 fully saturated rings. The first kappa shape index (κ1) is 35.6. The van der Waals surface area contributed by atoms with Crippen LogP contribution in [0.15, 0.2) is 88.7 Å². The molecular formula is C35H32ClF3N4O5. The van der Waals surface area contributed by atoms with Gasteiger partial charge in [0.15, 0.2) is 5.78 Å². The number of carbonyl (C=O) groups excluding carboxylic acids is 3. The molecule has 0 spiro atoms. The Hall–Kier alpha value is -5.23. The van der Waals surface area contributed by atoms with Crippen molar-refractivity contribution in [2.24, 2.45) is 11.5 Å². The van der Waals surface area contributed by atoms with Gasteiger partial charge in [0, 0.05) is 35.2 Å². The highest BCUT2D eigenvalue weighted by Crippen LogP contribution is 2.35. The third-order valence-corrected chi connectivity index (χ3v) is 8.43. The average Bonchev–Trinajstić information content (AvgIpc) is 3.04. The molecule has 0 bridgehead atoms. The number of ketones is 1. The molecule has 0 aliphatic carbocycles. The van der Waals surface area contributed by atoms with E-state index < -0.39 is 46.2 Å². The first-order chi connectivity index (χ1) is 22.5. The number of aryl methyl sites for hydroxylation is 2. The summed E-state index contributed by atoms with van der Waals surface area (Å²) in [5.74, 6) is -1.51. The molecule has 4 N–H and O–H groups in total. The highest BCUT2D eigenvalue weighted by atomic mass is 35.5. The lowest BCUT2D eigenvalue weighted by molar-refractivity contribution is -0.137. The van der Waals surface area contributed by atoms with Crippen LogP contribution in [-0.4, -0.2) is 26.7 Å². The maximum Gasteiger partial charge on any atom is 0.417 e. The van der Waals surface area contributed by atoms with Gasteiger partial charge in [-0.05, 0) is 85.5 Å². The van der Waals surface area contributed by atoms with Gasteiger partial charge in [0.25, 0.3) is 11.1 Å². The van der Waals surface area contributed by atoms with Gasteiger partial charge in [-0.3, -0.25) is 24.0 Å². The van der Waals surface area contributed by atoms with E-state index in [4.69, 9.17) is 23.1 Å². The van der Waals surface area contributed by atoms with E-state index in [2.05, 4.69) is 0 Å². The molecule has 9 nitrogen and oxygen atoms in total. The minimum Gasteiger partial charge on any atom is -0.368 e. The number of hydrogen-bond donors (Lipinski definition) is 2. The summed E-state index contributed by atoms with van der Waals surface area (Å²) in [6.07, 6.45) is -1.56. The van der Waals surface area contributed by atoms with Crippen LogP contribution in [0.5, 0.6) is 0 Å². The Labute approximate surface area is 277 Å². The Bertz CT molecular complexity index is 2170. The lowest BCUT2D eigenvalue weighted by Crippen LogP contribution is -2.31. The number of benzene rings is 3. The second-order valence-electron chi connectivity index (χ2n) is 11.3. The molecule has 0 unspecified atom stereocenters. The number of Topliss-reactive ketones (excluding diaryl/α,β-unsaturated/α-hetero) is 1. The Morgan fingerprint density at radius 2 is 1.29 bits per heavy atom. The largest absolute Gasteiger partial charge is 0.417 e. The molecule has 0 saturated carbocycles. The second-order valence-corrected chi connectivity index (χ2v) is 11.7. The summed E-state index contributed by atoms with van der Waals surface area (Å²) < 4.78 is 41.6. The number of carbonyl (C=O) groups is 3. The van der Waals surface area contributed by atoms with E-state index in [1.165, 1.54) is 34.4 Å². The molecule has 2 heterocycles. The Morgan fingerprint density at radius 3 is 1.83 bits per heavy atom. The Morgan fingerprint density at radius 1 is 0.771 bits per heavy atom. The molecule has 13 heteroatoms. The van der Waals surface area contributed by atoms with Crippen molar-refractivity contribution in [3.8, 4) is 0 Å². The minimum atomic E-state index is -4.59. The van der Waals surface area contributed by atoms with E-state index in [0.717, 1.165) is 23.1 Å². The third-order valence-electron chi connectivity index (χ3n) is 8.10. The number of fused-ring (bicyclic) bond motifs is 2. The molecule has 5 rings (SSSR count). The molecule has 0 radical (unpaired) electrons. The summed E-state index contributed by atoms with van der Waals surface area (Å²) in [6, 6.07) is 15.6. The normalized spacial score (nSPS) is 12.6. The fraction of sp³-hybridized carbons (Fsp3) is 0.229. The molecule has 0 aliphatic heterocycles. The third kappa shape index (κ3) is 7.49. The van der Waals surface area contributed by atoms with Gasteiger partial charge in [-0.1, -0.05) is 41.9 Å². The number of hydrogen-bond acceptors (Lipinski definition) is 5. The van der Waals surface area contributed by atoms with E-state index in [0.29, 0.717) is 16.3 Å². The van der Waals surface area contributed by atoms with Gasteiger partial charge in [-0.2, -0.15) is 13.2 Å². The standard InChI is InChI=1S/C22H18ClF3N2O3.C13H14N2O2/c1-12(20(27)30)28-10-9-14-15(3-2-4-16(14)21(28)31)19(29)8-6-13-5-7-18(23)17(11-13)22(24,25)26;1-8-4-3-5-11-10(8)6-7-15(13(11)17)9(2)12(14)16/h2-5,7,9-12H,6,8H2,1H3,(H2,27,30);3-7,9H,1-2H3,(H2,14,16)/t12-;9-/m00/s1. The van der Waals surface area contributed by atoms with Crippen molar-refractivity contribution in [2.75, 3.05) is 0 Å². The number of primary amides is 2. The zero-order chi connectivity index (χ0) is 35.5. The summed E-state index contributed by atoms with van der Waals surface area (Å²) in [6.45, 7) is 5.06. The van der Waals surface area contributed by atoms with Gasteiger partial charge in [0.2, 0.25) is 11.8 Å². The zero-order valence-corrected chi connectivity index (χ0v) is 26.9. The fourth-order valence-corrected chi connectivity index (χ4v) is 5.43. The smallest absolute Gasteiger partial charge is 0.368 e. The van der Waals surface area contributed by atoms with E-state index >= 15 is 0 Å². The minimum absolute atomic E-state index is 0.0567. The van der Waals surface area contributed by atoms with Crippen molar-refractivity contribution in [2.45, 2.75) is 51.9 Å². The number of alkyl halides is 3. The molecule has 0 saturated heterocycles. The molecule has 2 atom stereocenters. The van der Waals surface area contributed by atoms with Gasteiger partial charge in [0.05, 0.1) is 10.6 Å². The number of aromatic nitrogens is 2. The molecule has 2 aromatic heterocycles. The molecule has 48 heavy (non-hydrogen) atoms. The summed E-state index contributed by atoms with van der Waals surface area (Å²) in [5, 5.41) is 1.76. The van der Waals surface area contributed by atoms with E-state index in [1.807, 2.05) is 25.1 Å².